The minimum Gasteiger partial charge on any atom is -0.356 e. The van der Waals surface area contributed by atoms with E-state index in [9.17, 15) is 0 Å². The Morgan fingerprint density at radius 1 is 1.00 bits per heavy atom. The average molecular weight is 516 g/mol. The lowest BCUT2D eigenvalue weighted by Gasteiger charge is -2.19. The number of aromatic nitrogens is 3. The molecule has 30 heavy (non-hydrogen) atoms. The number of rotatable bonds is 7. The molecule has 0 unspecified atom stereocenters. The van der Waals surface area contributed by atoms with E-state index in [1.165, 1.54) is 11.1 Å². The average Bonchev–Trinajstić information content (AvgIpc) is 3.39. The number of aliphatic imine (C=N–C) groups is 1. The molecule has 2 aromatic carbocycles. The Morgan fingerprint density at radius 2 is 1.67 bits per heavy atom. The lowest BCUT2D eigenvalue weighted by atomic mass is 9.88. The summed E-state index contributed by atoms with van der Waals surface area (Å²) in [7, 11) is 1.80. The number of halogens is 1. The largest absolute Gasteiger partial charge is 0.356 e. The molecule has 0 spiro atoms. The zero-order valence-corrected chi connectivity index (χ0v) is 19.6. The van der Waals surface area contributed by atoms with Crippen molar-refractivity contribution in [3.8, 4) is 0 Å². The number of nitrogens with zero attached hydrogens (tertiary/aromatic N) is 4. The summed E-state index contributed by atoms with van der Waals surface area (Å²) in [5.41, 5.74) is 2.67. The second-order valence-corrected chi connectivity index (χ2v) is 7.30. The van der Waals surface area contributed by atoms with E-state index in [4.69, 9.17) is 0 Å². The van der Waals surface area contributed by atoms with E-state index in [0.717, 1.165) is 50.0 Å². The summed E-state index contributed by atoms with van der Waals surface area (Å²) in [6.07, 6.45) is 3.17. The molecular formula is C23H29IN6. The van der Waals surface area contributed by atoms with Gasteiger partial charge in [0.25, 0.3) is 0 Å². The zero-order chi connectivity index (χ0) is 19.9. The molecule has 0 saturated carbocycles. The first-order valence-corrected chi connectivity index (χ1v) is 10.3. The van der Waals surface area contributed by atoms with Gasteiger partial charge in [-0.3, -0.25) is 4.99 Å². The molecule has 0 aliphatic carbocycles. The molecule has 4 rings (SSSR count). The predicted molar refractivity (Wildman–Crippen MR) is 131 cm³/mol. The van der Waals surface area contributed by atoms with Gasteiger partial charge in [-0.2, -0.15) is 0 Å². The highest BCUT2D eigenvalue weighted by molar-refractivity contribution is 14.0. The van der Waals surface area contributed by atoms with Crippen molar-refractivity contribution in [2.45, 2.75) is 38.3 Å². The Morgan fingerprint density at radius 3 is 2.30 bits per heavy atom. The van der Waals surface area contributed by atoms with Gasteiger partial charge in [0, 0.05) is 32.5 Å². The van der Waals surface area contributed by atoms with Crippen molar-refractivity contribution in [1.29, 1.82) is 0 Å². The van der Waals surface area contributed by atoms with Gasteiger partial charge in [0.15, 0.2) is 11.8 Å². The molecule has 0 amide bonds. The molecule has 0 bridgehead atoms. The molecule has 0 atom stereocenters. The SMILES string of the molecule is CN=C(NCCC(c1ccccc1)c1ccccc1)NCc1nnc2n1CCC2.I. The van der Waals surface area contributed by atoms with Crippen LogP contribution in [0.4, 0.5) is 0 Å². The third kappa shape index (κ3) is 5.38. The molecule has 0 saturated heterocycles. The van der Waals surface area contributed by atoms with Gasteiger partial charge >= 0.3 is 0 Å². The van der Waals surface area contributed by atoms with Gasteiger partial charge in [-0.05, 0) is 24.0 Å². The molecule has 0 fully saturated rings. The monoisotopic (exact) mass is 516 g/mol. The Kier molecular flexibility index (Phi) is 8.24. The minimum atomic E-state index is 0. The topological polar surface area (TPSA) is 67.1 Å². The summed E-state index contributed by atoms with van der Waals surface area (Å²) in [6, 6.07) is 21.4. The molecule has 1 aromatic heterocycles. The summed E-state index contributed by atoms with van der Waals surface area (Å²) in [6.45, 7) is 2.47. The van der Waals surface area contributed by atoms with Crippen molar-refractivity contribution >= 4 is 29.9 Å². The minimum absolute atomic E-state index is 0. The summed E-state index contributed by atoms with van der Waals surface area (Å²) in [4.78, 5) is 4.36. The van der Waals surface area contributed by atoms with E-state index in [-0.39, 0.29) is 24.0 Å². The van der Waals surface area contributed by atoms with Crippen molar-refractivity contribution in [2.75, 3.05) is 13.6 Å². The first-order valence-electron chi connectivity index (χ1n) is 10.3. The molecular weight excluding hydrogens is 487 g/mol. The maximum atomic E-state index is 4.36. The van der Waals surface area contributed by atoms with Gasteiger partial charge in [-0.15, -0.1) is 34.2 Å². The van der Waals surface area contributed by atoms with Gasteiger partial charge in [0.2, 0.25) is 0 Å². The first kappa shape index (κ1) is 22.3. The zero-order valence-electron chi connectivity index (χ0n) is 17.3. The fourth-order valence-corrected chi connectivity index (χ4v) is 3.96. The fourth-order valence-electron chi connectivity index (χ4n) is 3.96. The normalized spacial score (nSPS) is 13.1. The van der Waals surface area contributed by atoms with Crippen molar-refractivity contribution in [3.63, 3.8) is 0 Å². The molecule has 6 nitrogen and oxygen atoms in total. The van der Waals surface area contributed by atoms with Crippen LogP contribution in [0.5, 0.6) is 0 Å². The number of benzene rings is 2. The van der Waals surface area contributed by atoms with E-state index in [1.807, 2.05) is 0 Å². The van der Waals surface area contributed by atoms with Crippen LogP contribution in [0.1, 0.15) is 41.5 Å². The van der Waals surface area contributed by atoms with Gasteiger partial charge < -0.3 is 15.2 Å². The second kappa shape index (κ2) is 11.1. The quantitative estimate of drug-likeness (QED) is 0.286. The molecule has 1 aliphatic rings. The summed E-state index contributed by atoms with van der Waals surface area (Å²) >= 11 is 0. The number of hydrogen-bond acceptors (Lipinski definition) is 3. The second-order valence-electron chi connectivity index (χ2n) is 7.30. The third-order valence-electron chi connectivity index (χ3n) is 5.45. The van der Waals surface area contributed by atoms with Crippen LogP contribution in [0, 0.1) is 0 Å². The number of fused-ring (bicyclic) bond motifs is 1. The van der Waals surface area contributed by atoms with Gasteiger partial charge in [-0.1, -0.05) is 60.7 Å². The number of hydrogen-bond donors (Lipinski definition) is 2. The predicted octanol–water partition coefficient (Wildman–Crippen LogP) is 3.73. The van der Waals surface area contributed by atoms with Crippen LogP contribution < -0.4 is 10.6 Å². The van der Waals surface area contributed by atoms with Crippen molar-refractivity contribution in [2.24, 2.45) is 4.99 Å². The summed E-state index contributed by atoms with van der Waals surface area (Å²) in [5.74, 6) is 3.22. The number of guanidine groups is 1. The van der Waals surface area contributed by atoms with E-state index in [0.29, 0.717) is 12.5 Å². The van der Waals surface area contributed by atoms with Crippen molar-refractivity contribution in [3.05, 3.63) is 83.4 Å². The van der Waals surface area contributed by atoms with Crippen LogP contribution in [0.15, 0.2) is 65.7 Å². The van der Waals surface area contributed by atoms with E-state index < -0.39 is 0 Å². The molecule has 7 heteroatoms. The Hall–Kier alpha value is -2.42. The maximum Gasteiger partial charge on any atom is 0.191 e. The van der Waals surface area contributed by atoms with Crippen LogP contribution in [0.3, 0.4) is 0 Å². The highest BCUT2D eigenvalue weighted by Crippen LogP contribution is 2.27. The fraction of sp³-hybridized carbons (Fsp3) is 0.348. The van der Waals surface area contributed by atoms with Crippen LogP contribution in [0.25, 0.3) is 0 Å². The van der Waals surface area contributed by atoms with E-state index in [1.54, 1.807) is 7.05 Å². The molecule has 2 heterocycles. The summed E-state index contributed by atoms with van der Waals surface area (Å²) in [5, 5.41) is 15.4. The van der Waals surface area contributed by atoms with E-state index in [2.05, 4.69) is 91.1 Å². The maximum absolute atomic E-state index is 4.36. The highest BCUT2D eigenvalue weighted by atomic mass is 127. The van der Waals surface area contributed by atoms with Gasteiger partial charge in [0.05, 0.1) is 6.54 Å². The van der Waals surface area contributed by atoms with Crippen LogP contribution in [0.2, 0.25) is 0 Å². The first-order chi connectivity index (χ1) is 14.3. The lowest BCUT2D eigenvalue weighted by molar-refractivity contribution is 0.651. The molecule has 158 valence electrons. The smallest absolute Gasteiger partial charge is 0.191 e. The van der Waals surface area contributed by atoms with Crippen molar-refractivity contribution < 1.29 is 0 Å². The Bertz CT molecular complexity index is 899. The van der Waals surface area contributed by atoms with Crippen molar-refractivity contribution in [1.82, 2.24) is 25.4 Å². The Labute approximate surface area is 195 Å². The molecule has 2 N–H and O–H groups in total. The number of aryl methyl sites for hydroxylation is 1. The van der Waals surface area contributed by atoms with Crippen LogP contribution in [-0.2, 0) is 19.5 Å². The molecule has 1 aliphatic heterocycles. The van der Waals surface area contributed by atoms with E-state index >= 15 is 0 Å². The standard InChI is InChI=1S/C23H28N6.HI/c1-24-23(26-17-22-28-27-21-13-8-16-29(21)22)25-15-14-20(18-9-4-2-5-10-18)19-11-6-3-7-12-19;/h2-7,9-12,20H,8,13-17H2,1H3,(H2,24,25,26);1H. The molecule has 0 radical (unpaired) electrons. The molecule has 3 aromatic rings. The van der Waals surface area contributed by atoms with Crippen LogP contribution in [-0.4, -0.2) is 34.3 Å². The van der Waals surface area contributed by atoms with Gasteiger partial charge in [0.1, 0.15) is 5.82 Å². The van der Waals surface area contributed by atoms with Crippen LogP contribution >= 0.6 is 24.0 Å². The van der Waals surface area contributed by atoms with Gasteiger partial charge in [-0.25, -0.2) is 0 Å². The lowest BCUT2D eigenvalue weighted by Crippen LogP contribution is -2.38. The highest BCUT2D eigenvalue weighted by Gasteiger charge is 2.17. The summed E-state index contributed by atoms with van der Waals surface area (Å²) < 4.78 is 2.21. The third-order valence-corrected chi connectivity index (χ3v) is 5.45. The number of nitrogens with one attached hydrogen (secondary N) is 2. The Balaban J connectivity index is 0.00000256.